The molecule has 1 fully saturated rings. The Hall–Kier alpha value is -1.51. The van der Waals surface area contributed by atoms with Crippen molar-refractivity contribution in [3.8, 4) is 0 Å². The number of ether oxygens (including phenoxy) is 1. The summed E-state index contributed by atoms with van der Waals surface area (Å²) in [7, 11) is 0. The average molecular weight is 259 g/mol. The normalized spacial score (nSPS) is 27.6. The van der Waals surface area contributed by atoms with Crippen LogP contribution in [0.3, 0.4) is 0 Å². The molecule has 1 aromatic rings. The van der Waals surface area contributed by atoms with Crippen molar-refractivity contribution in [2.45, 2.75) is 18.8 Å². The molecule has 0 radical (unpaired) electrons. The van der Waals surface area contributed by atoms with Gasteiger partial charge in [-0.3, -0.25) is 4.57 Å². The molecule has 7 nitrogen and oxygen atoms in total. The fourth-order valence-corrected chi connectivity index (χ4v) is 2.01. The van der Waals surface area contributed by atoms with Gasteiger partial charge < -0.3 is 20.7 Å². The van der Waals surface area contributed by atoms with Crippen molar-refractivity contribution in [3.63, 3.8) is 0 Å². The highest BCUT2D eigenvalue weighted by Gasteiger charge is 2.36. The number of aliphatic hydroxyl groups is 2. The molecule has 0 unspecified atom stereocenters. The van der Waals surface area contributed by atoms with E-state index in [-0.39, 0.29) is 19.1 Å². The SMILES string of the molecule is Nc1nc(=O)n([C@H]2C[C@H](CO)[C@@H](CO)O2)cc1F. The zero-order chi connectivity index (χ0) is 13.3. The van der Waals surface area contributed by atoms with Crippen molar-refractivity contribution in [3.05, 3.63) is 22.5 Å². The standard InChI is InChI=1S/C10H14FN3O4/c11-6-2-14(10(17)13-9(6)12)8-1-5(3-15)7(4-16)18-8/h2,5,7-8,15-16H,1,3-4H2,(H2,12,13,17)/t5-,7-,8-/m1/s1. The number of aliphatic hydroxyl groups excluding tert-OH is 2. The Morgan fingerprint density at radius 1 is 1.56 bits per heavy atom. The van der Waals surface area contributed by atoms with Crippen LogP contribution in [0, 0.1) is 11.7 Å². The van der Waals surface area contributed by atoms with E-state index in [1.54, 1.807) is 0 Å². The molecule has 0 aliphatic carbocycles. The summed E-state index contributed by atoms with van der Waals surface area (Å²) in [6.45, 7) is -0.456. The molecule has 0 saturated carbocycles. The Morgan fingerprint density at radius 3 is 2.83 bits per heavy atom. The number of anilines is 1. The van der Waals surface area contributed by atoms with Crippen LogP contribution < -0.4 is 11.4 Å². The third-order valence-corrected chi connectivity index (χ3v) is 3.02. The van der Waals surface area contributed by atoms with Crippen molar-refractivity contribution < 1.29 is 19.3 Å². The minimum atomic E-state index is -0.814. The molecule has 100 valence electrons. The van der Waals surface area contributed by atoms with Gasteiger partial charge in [0, 0.05) is 18.9 Å². The van der Waals surface area contributed by atoms with Crippen LogP contribution >= 0.6 is 0 Å². The summed E-state index contributed by atoms with van der Waals surface area (Å²) in [5.41, 5.74) is 4.45. The first-order valence-electron chi connectivity index (χ1n) is 5.48. The Bertz CT molecular complexity index is 481. The lowest BCUT2D eigenvalue weighted by atomic mass is 10.0. The van der Waals surface area contributed by atoms with Gasteiger partial charge in [0.2, 0.25) is 0 Å². The molecule has 1 aliphatic rings. The van der Waals surface area contributed by atoms with Gasteiger partial charge in [-0.1, -0.05) is 0 Å². The van der Waals surface area contributed by atoms with Gasteiger partial charge in [0.25, 0.3) is 0 Å². The second-order valence-corrected chi connectivity index (χ2v) is 4.15. The van der Waals surface area contributed by atoms with Crippen molar-refractivity contribution in [2.75, 3.05) is 18.9 Å². The van der Waals surface area contributed by atoms with Crippen LogP contribution in [-0.4, -0.2) is 39.1 Å². The van der Waals surface area contributed by atoms with Crippen LogP contribution in [0.15, 0.2) is 11.0 Å². The lowest BCUT2D eigenvalue weighted by Crippen LogP contribution is -2.29. The fourth-order valence-electron chi connectivity index (χ4n) is 2.01. The lowest BCUT2D eigenvalue weighted by molar-refractivity contribution is -0.0368. The third kappa shape index (κ3) is 2.22. The van der Waals surface area contributed by atoms with Crippen molar-refractivity contribution in [1.82, 2.24) is 9.55 Å². The molecule has 1 aromatic heterocycles. The highest BCUT2D eigenvalue weighted by molar-refractivity contribution is 5.26. The zero-order valence-corrected chi connectivity index (χ0v) is 9.49. The second-order valence-electron chi connectivity index (χ2n) is 4.15. The maximum absolute atomic E-state index is 13.3. The van der Waals surface area contributed by atoms with E-state index < -0.39 is 29.7 Å². The minimum absolute atomic E-state index is 0.179. The van der Waals surface area contributed by atoms with Gasteiger partial charge in [0.15, 0.2) is 11.6 Å². The molecule has 0 bridgehead atoms. The predicted molar refractivity (Wildman–Crippen MR) is 59.1 cm³/mol. The molecule has 4 N–H and O–H groups in total. The topological polar surface area (TPSA) is 111 Å². The molecular formula is C10H14FN3O4. The van der Waals surface area contributed by atoms with E-state index in [2.05, 4.69) is 4.98 Å². The van der Waals surface area contributed by atoms with Crippen LogP contribution in [0.1, 0.15) is 12.6 Å². The van der Waals surface area contributed by atoms with Crippen molar-refractivity contribution in [2.24, 2.45) is 5.92 Å². The Kier molecular flexibility index (Phi) is 3.60. The number of halogens is 1. The second kappa shape index (κ2) is 5.01. The summed E-state index contributed by atoms with van der Waals surface area (Å²) >= 11 is 0. The largest absolute Gasteiger partial charge is 0.396 e. The van der Waals surface area contributed by atoms with Crippen LogP contribution in [0.5, 0.6) is 0 Å². The minimum Gasteiger partial charge on any atom is -0.396 e. The number of rotatable bonds is 3. The molecule has 3 atom stereocenters. The first kappa shape index (κ1) is 12.9. The third-order valence-electron chi connectivity index (χ3n) is 3.02. The average Bonchev–Trinajstić information content (AvgIpc) is 2.76. The van der Waals surface area contributed by atoms with E-state index in [4.69, 9.17) is 20.7 Å². The molecule has 2 heterocycles. The van der Waals surface area contributed by atoms with E-state index in [1.807, 2.05) is 0 Å². The molecule has 1 saturated heterocycles. The monoisotopic (exact) mass is 259 g/mol. The Labute approximate surface area is 102 Å². The maximum Gasteiger partial charge on any atom is 0.351 e. The van der Waals surface area contributed by atoms with Gasteiger partial charge in [-0.25, -0.2) is 9.18 Å². The lowest BCUT2D eigenvalue weighted by Gasteiger charge is -2.14. The van der Waals surface area contributed by atoms with E-state index in [9.17, 15) is 9.18 Å². The summed E-state index contributed by atoms with van der Waals surface area (Å²) in [4.78, 5) is 14.9. The molecule has 0 spiro atoms. The quantitative estimate of drug-likeness (QED) is 0.632. The van der Waals surface area contributed by atoms with E-state index in [0.717, 1.165) is 10.8 Å². The highest BCUT2D eigenvalue weighted by Crippen LogP contribution is 2.32. The van der Waals surface area contributed by atoms with E-state index >= 15 is 0 Å². The molecular weight excluding hydrogens is 245 g/mol. The molecule has 2 rings (SSSR count). The number of aromatic nitrogens is 2. The molecule has 0 amide bonds. The van der Waals surface area contributed by atoms with Gasteiger partial charge in [-0.15, -0.1) is 0 Å². The number of nitrogens with two attached hydrogens (primary N) is 1. The summed E-state index contributed by atoms with van der Waals surface area (Å²) in [6.07, 6.45) is -0.113. The maximum atomic E-state index is 13.3. The fraction of sp³-hybridized carbons (Fsp3) is 0.600. The first-order valence-corrected chi connectivity index (χ1v) is 5.48. The Balaban J connectivity index is 2.28. The summed E-state index contributed by atoms with van der Waals surface area (Å²) in [5.74, 6) is -1.58. The predicted octanol–water partition coefficient (Wildman–Crippen LogP) is -1.15. The summed E-state index contributed by atoms with van der Waals surface area (Å²) in [6, 6.07) is 0. The van der Waals surface area contributed by atoms with Gasteiger partial charge in [0.05, 0.1) is 18.9 Å². The van der Waals surface area contributed by atoms with E-state index in [0.29, 0.717) is 6.42 Å². The van der Waals surface area contributed by atoms with Gasteiger partial charge in [-0.2, -0.15) is 4.98 Å². The number of hydrogen-bond donors (Lipinski definition) is 3. The highest BCUT2D eigenvalue weighted by atomic mass is 19.1. The zero-order valence-electron chi connectivity index (χ0n) is 9.49. The summed E-state index contributed by atoms with van der Waals surface area (Å²) < 4.78 is 19.6. The number of hydrogen-bond acceptors (Lipinski definition) is 6. The molecule has 1 aliphatic heterocycles. The number of nitrogens with zero attached hydrogens (tertiary/aromatic N) is 2. The first-order chi connectivity index (χ1) is 8.56. The van der Waals surface area contributed by atoms with Crippen molar-refractivity contribution >= 4 is 5.82 Å². The van der Waals surface area contributed by atoms with Gasteiger partial charge >= 0.3 is 5.69 Å². The summed E-state index contributed by atoms with van der Waals surface area (Å²) in [5, 5.41) is 18.2. The number of nitrogen functional groups attached to an aromatic ring is 1. The molecule has 0 aromatic carbocycles. The van der Waals surface area contributed by atoms with Crippen LogP contribution in [-0.2, 0) is 4.74 Å². The van der Waals surface area contributed by atoms with Crippen LogP contribution in [0.25, 0.3) is 0 Å². The molecule has 8 heteroatoms. The van der Waals surface area contributed by atoms with E-state index in [1.165, 1.54) is 0 Å². The van der Waals surface area contributed by atoms with Gasteiger partial charge in [-0.05, 0) is 0 Å². The van der Waals surface area contributed by atoms with Crippen LogP contribution in [0.4, 0.5) is 10.2 Å². The van der Waals surface area contributed by atoms with Gasteiger partial charge in [0.1, 0.15) is 6.23 Å². The van der Waals surface area contributed by atoms with Crippen molar-refractivity contribution in [1.29, 1.82) is 0 Å². The smallest absolute Gasteiger partial charge is 0.351 e. The molecule has 18 heavy (non-hydrogen) atoms. The Morgan fingerprint density at radius 2 is 2.28 bits per heavy atom. The van der Waals surface area contributed by atoms with Crippen LogP contribution in [0.2, 0.25) is 0 Å².